The summed E-state index contributed by atoms with van der Waals surface area (Å²) in [6.07, 6.45) is 0.720. The fraction of sp³-hybridized carbons (Fsp3) is 0.462. The summed E-state index contributed by atoms with van der Waals surface area (Å²) in [7, 11) is 0. The lowest BCUT2D eigenvalue weighted by Gasteiger charge is -2.12. The molecule has 0 fully saturated rings. The molecule has 19 heavy (non-hydrogen) atoms. The molecule has 5 N–H and O–H groups in total. The normalized spacial score (nSPS) is 13.5. The van der Waals surface area contributed by atoms with Gasteiger partial charge in [0, 0.05) is 24.3 Å². The Bertz CT molecular complexity index is 438. The Kier molecular flexibility index (Phi) is 6.24. The number of aliphatic hydroxyl groups is 1. The third-order valence-corrected chi connectivity index (χ3v) is 2.89. The number of amidine groups is 1. The van der Waals surface area contributed by atoms with Crippen LogP contribution in [0.1, 0.15) is 24.5 Å². The van der Waals surface area contributed by atoms with E-state index in [0.717, 1.165) is 6.42 Å². The summed E-state index contributed by atoms with van der Waals surface area (Å²) < 4.78 is 13.7. The highest BCUT2D eigenvalue weighted by Gasteiger charge is 2.07. The summed E-state index contributed by atoms with van der Waals surface area (Å²) in [4.78, 5) is 0. The first-order valence-electron chi connectivity index (χ1n) is 6.16. The van der Waals surface area contributed by atoms with E-state index < -0.39 is 5.82 Å². The molecule has 0 spiro atoms. The second kappa shape index (κ2) is 7.70. The molecule has 0 radical (unpaired) electrons. The molecule has 5 nitrogen and oxygen atoms in total. The molecule has 1 aromatic rings. The van der Waals surface area contributed by atoms with Crippen molar-refractivity contribution >= 4 is 5.84 Å². The molecule has 0 saturated carbocycles. The highest BCUT2D eigenvalue weighted by Crippen LogP contribution is 2.10. The molecular formula is C13H20FN3O2. The van der Waals surface area contributed by atoms with Crippen molar-refractivity contribution in [3.8, 4) is 0 Å². The van der Waals surface area contributed by atoms with Crippen LogP contribution in [0.5, 0.6) is 0 Å². The Morgan fingerprint density at radius 2 is 2.26 bits per heavy atom. The topological polar surface area (TPSA) is 90.9 Å². The zero-order chi connectivity index (χ0) is 14.3. The van der Waals surface area contributed by atoms with Gasteiger partial charge in [0.1, 0.15) is 5.82 Å². The first-order valence-corrected chi connectivity index (χ1v) is 6.16. The number of nitrogens with one attached hydrogen (secondary N) is 1. The zero-order valence-corrected chi connectivity index (χ0v) is 10.9. The summed E-state index contributed by atoms with van der Waals surface area (Å²) >= 11 is 0. The highest BCUT2D eigenvalue weighted by molar-refractivity contribution is 5.97. The number of nitrogens with zero attached hydrogens (tertiary/aromatic N) is 1. The monoisotopic (exact) mass is 269 g/mol. The summed E-state index contributed by atoms with van der Waals surface area (Å²) in [5, 5.41) is 23.2. The number of hydrogen-bond acceptors (Lipinski definition) is 4. The molecule has 0 amide bonds. The molecule has 1 unspecified atom stereocenters. The standard InChI is InChI=1S/C13H20FN3O2/c1-9(4-5-18)7-16-8-11-3-2-10(6-12(11)14)13(15)17-19/h2-3,6,9,16,18-19H,4-5,7-8H2,1H3,(H2,15,17). The number of aliphatic hydroxyl groups excluding tert-OH is 1. The average Bonchev–Trinajstić information content (AvgIpc) is 2.40. The smallest absolute Gasteiger partial charge is 0.170 e. The fourth-order valence-electron chi connectivity index (χ4n) is 1.68. The van der Waals surface area contributed by atoms with Gasteiger partial charge in [0.15, 0.2) is 5.84 Å². The molecule has 1 rings (SSSR count). The van der Waals surface area contributed by atoms with E-state index in [-0.39, 0.29) is 12.4 Å². The van der Waals surface area contributed by atoms with Crippen molar-refractivity contribution in [3.05, 3.63) is 35.1 Å². The van der Waals surface area contributed by atoms with Crippen LogP contribution in [0.2, 0.25) is 0 Å². The van der Waals surface area contributed by atoms with Crippen LogP contribution in [0, 0.1) is 11.7 Å². The number of halogens is 1. The minimum Gasteiger partial charge on any atom is -0.409 e. The van der Waals surface area contributed by atoms with Crippen molar-refractivity contribution in [2.75, 3.05) is 13.2 Å². The van der Waals surface area contributed by atoms with Crippen molar-refractivity contribution in [2.45, 2.75) is 19.9 Å². The van der Waals surface area contributed by atoms with Crippen LogP contribution in [-0.4, -0.2) is 29.3 Å². The number of benzene rings is 1. The van der Waals surface area contributed by atoms with Crippen LogP contribution in [0.15, 0.2) is 23.4 Å². The molecule has 0 aliphatic rings. The predicted molar refractivity (Wildman–Crippen MR) is 71.5 cm³/mol. The van der Waals surface area contributed by atoms with Gasteiger partial charge in [0.2, 0.25) is 0 Å². The van der Waals surface area contributed by atoms with E-state index in [2.05, 4.69) is 10.5 Å². The van der Waals surface area contributed by atoms with E-state index in [4.69, 9.17) is 16.0 Å². The largest absolute Gasteiger partial charge is 0.409 e. The second-order valence-electron chi connectivity index (χ2n) is 4.54. The first kappa shape index (κ1) is 15.4. The van der Waals surface area contributed by atoms with Crippen LogP contribution in [0.3, 0.4) is 0 Å². The molecule has 0 aromatic heterocycles. The summed E-state index contributed by atoms with van der Waals surface area (Å²) in [5.74, 6) is -0.175. The molecule has 0 saturated heterocycles. The van der Waals surface area contributed by atoms with Gasteiger partial charge in [0.05, 0.1) is 0 Å². The molecule has 106 valence electrons. The van der Waals surface area contributed by atoms with Crippen LogP contribution in [0.25, 0.3) is 0 Å². The Balaban J connectivity index is 2.56. The van der Waals surface area contributed by atoms with Crippen molar-refractivity contribution in [1.82, 2.24) is 5.32 Å². The number of hydrogen-bond donors (Lipinski definition) is 4. The van der Waals surface area contributed by atoms with Crippen LogP contribution in [0.4, 0.5) is 4.39 Å². The SMILES string of the molecule is CC(CCO)CNCc1ccc(C(N)=NO)cc1F. The first-order chi connectivity index (χ1) is 9.08. The van der Waals surface area contributed by atoms with Crippen molar-refractivity contribution in [2.24, 2.45) is 16.8 Å². The summed E-state index contributed by atoms with van der Waals surface area (Å²) in [5.41, 5.74) is 6.24. The molecule has 0 aliphatic carbocycles. The van der Waals surface area contributed by atoms with E-state index in [9.17, 15) is 4.39 Å². The van der Waals surface area contributed by atoms with Gasteiger partial charge in [0.25, 0.3) is 0 Å². The molecule has 1 aromatic carbocycles. The van der Waals surface area contributed by atoms with E-state index in [0.29, 0.717) is 30.1 Å². The van der Waals surface area contributed by atoms with Gasteiger partial charge in [-0.05, 0) is 24.9 Å². The van der Waals surface area contributed by atoms with Gasteiger partial charge >= 0.3 is 0 Å². The van der Waals surface area contributed by atoms with Gasteiger partial charge < -0.3 is 21.4 Å². The lowest BCUT2D eigenvalue weighted by Crippen LogP contribution is -2.22. The average molecular weight is 269 g/mol. The Morgan fingerprint density at radius 3 is 2.84 bits per heavy atom. The second-order valence-corrected chi connectivity index (χ2v) is 4.54. The third-order valence-electron chi connectivity index (χ3n) is 2.89. The Morgan fingerprint density at radius 1 is 1.53 bits per heavy atom. The van der Waals surface area contributed by atoms with Crippen LogP contribution < -0.4 is 11.1 Å². The minimum atomic E-state index is -0.397. The maximum absolute atomic E-state index is 13.7. The van der Waals surface area contributed by atoms with Gasteiger partial charge in [-0.15, -0.1) is 0 Å². The van der Waals surface area contributed by atoms with Gasteiger partial charge in [-0.3, -0.25) is 0 Å². The minimum absolute atomic E-state index is 0.116. The quantitative estimate of drug-likeness (QED) is 0.257. The van der Waals surface area contributed by atoms with E-state index >= 15 is 0 Å². The third kappa shape index (κ3) is 4.84. The van der Waals surface area contributed by atoms with Crippen molar-refractivity contribution in [1.29, 1.82) is 0 Å². The van der Waals surface area contributed by atoms with E-state index in [1.165, 1.54) is 6.07 Å². The number of nitrogens with two attached hydrogens (primary N) is 1. The van der Waals surface area contributed by atoms with Crippen LogP contribution >= 0.6 is 0 Å². The summed E-state index contributed by atoms with van der Waals surface area (Å²) in [6, 6.07) is 4.45. The maximum Gasteiger partial charge on any atom is 0.170 e. The van der Waals surface area contributed by atoms with Gasteiger partial charge in [-0.1, -0.05) is 24.2 Å². The zero-order valence-electron chi connectivity index (χ0n) is 10.9. The lowest BCUT2D eigenvalue weighted by molar-refractivity contribution is 0.260. The van der Waals surface area contributed by atoms with Crippen molar-refractivity contribution in [3.63, 3.8) is 0 Å². The highest BCUT2D eigenvalue weighted by atomic mass is 19.1. The molecular weight excluding hydrogens is 249 g/mol. The van der Waals surface area contributed by atoms with Gasteiger partial charge in [-0.2, -0.15) is 0 Å². The molecule has 1 atom stereocenters. The molecule has 0 bridgehead atoms. The molecule has 0 heterocycles. The Labute approximate surface area is 111 Å². The Hall–Kier alpha value is -1.66. The van der Waals surface area contributed by atoms with E-state index in [1.807, 2.05) is 6.92 Å². The molecule has 0 aliphatic heterocycles. The summed E-state index contributed by atoms with van der Waals surface area (Å²) in [6.45, 7) is 3.28. The fourth-order valence-corrected chi connectivity index (χ4v) is 1.68. The number of oxime groups is 1. The van der Waals surface area contributed by atoms with Crippen molar-refractivity contribution < 1.29 is 14.7 Å². The van der Waals surface area contributed by atoms with Crippen LogP contribution in [-0.2, 0) is 6.54 Å². The predicted octanol–water partition coefficient (Wildman–Crippen LogP) is 1.03. The lowest BCUT2D eigenvalue weighted by atomic mass is 10.1. The van der Waals surface area contributed by atoms with E-state index in [1.54, 1.807) is 12.1 Å². The number of rotatable bonds is 7. The maximum atomic E-state index is 13.7. The molecule has 6 heteroatoms. The van der Waals surface area contributed by atoms with Gasteiger partial charge in [-0.25, -0.2) is 4.39 Å².